The molecule has 4 N–H and O–H groups in total. The first kappa shape index (κ1) is 13.1. The van der Waals surface area contributed by atoms with Crippen molar-refractivity contribution in [3.63, 3.8) is 0 Å². The van der Waals surface area contributed by atoms with E-state index in [0.717, 1.165) is 31.0 Å². The highest BCUT2D eigenvalue weighted by atomic mass is 16.5. The molecule has 0 aliphatic carbocycles. The molecule has 100 valence electrons. The van der Waals surface area contributed by atoms with E-state index in [1.165, 1.54) is 0 Å². The van der Waals surface area contributed by atoms with Gasteiger partial charge in [0, 0.05) is 24.5 Å². The van der Waals surface area contributed by atoms with Crippen molar-refractivity contribution in [1.29, 1.82) is 0 Å². The number of ether oxygens (including phenoxy) is 2. The zero-order chi connectivity index (χ0) is 12.6. The Morgan fingerprint density at radius 1 is 1.39 bits per heavy atom. The molecule has 1 aromatic carbocycles. The topological polar surface area (TPSA) is 68.5 Å². The fraction of sp³-hybridized carbons (Fsp3) is 0.538. The standard InChI is InChI=1S/C13H21N3O2/c14-5-7-18-10-15-11-2-1-3-12(8-11)16-13-4-6-17-9-13/h1-3,8,13,15-16H,4-7,9-10,14H2. The summed E-state index contributed by atoms with van der Waals surface area (Å²) in [6.07, 6.45) is 1.07. The van der Waals surface area contributed by atoms with Gasteiger partial charge in [0.25, 0.3) is 0 Å². The molecule has 1 fully saturated rings. The van der Waals surface area contributed by atoms with Gasteiger partial charge in [0.1, 0.15) is 6.73 Å². The van der Waals surface area contributed by atoms with E-state index in [1.54, 1.807) is 0 Å². The van der Waals surface area contributed by atoms with Crippen molar-refractivity contribution in [2.75, 3.05) is 43.7 Å². The molecule has 1 aliphatic heterocycles. The van der Waals surface area contributed by atoms with Gasteiger partial charge in [0.15, 0.2) is 0 Å². The monoisotopic (exact) mass is 251 g/mol. The second kappa shape index (κ2) is 7.20. The largest absolute Gasteiger partial charge is 0.380 e. The highest BCUT2D eigenvalue weighted by Crippen LogP contribution is 2.18. The SMILES string of the molecule is NCCOCNc1cccc(NC2CCOC2)c1. The van der Waals surface area contributed by atoms with Gasteiger partial charge in [0.2, 0.25) is 0 Å². The number of rotatable bonds is 7. The second-order valence-electron chi connectivity index (χ2n) is 4.30. The van der Waals surface area contributed by atoms with E-state index in [4.69, 9.17) is 15.2 Å². The van der Waals surface area contributed by atoms with Gasteiger partial charge in [-0.05, 0) is 24.6 Å². The molecule has 5 heteroatoms. The van der Waals surface area contributed by atoms with Gasteiger partial charge in [-0.1, -0.05) is 6.07 Å². The lowest BCUT2D eigenvalue weighted by Crippen LogP contribution is -2.19. The lowest BCUT2D eigenvalue weighted by atomic mass is 10.2. The summed E-state index contributed by atoms with van der Waals surface area (Å²) in [6, 6.07) is 8.59. The summed E-state index contributed by atoms with van der Waals surface area (Å²) >= 11 is 0. The first-order chi connectivity index (χ1) is 8.88. The van der Waals surface area contributed by atoms with E-state index in [0.29, 0.717) is 25.9 Å². The Morgan fingerprint density at radius 2 is 2.28 bits per heavy atom. The number of hydrogen-bond acceptors (Lipinski definition) is 5. The summed E-state index contributed by atoms with van der Waals surface area (Å²) in [5.74, 6) is 0. The van der Waals surface area contributed by atoms with Crippen molar-refractivity contribution in [3.8, 4) is 0 Å². The predicted octanol–water partition coefficient (Wildman–Crippen LogP) is 1.23. The molecule has 0 bridgehead atoms. The number of hydrogen-bond donors (Lipinski definition) is 3. The van der Waals surface area contributed by atoms with Crippen LogP contribution in [0.3, 0.4) is 0 Å². The van der Waals surface area contributed by atoms with Gasteiger partial charge in [-0.15, -0.1) is 0 Å². The average Bonchev–Trinajstić information content (AvgIpc) is 2.88. The van der Waals surface area contributed by atoms with E-state index >= 15 is 0 Å². The average molecular weight is 251 g/mol. The third kappa shape index (κ3) is 4.18. The van der Waals surface area contributed by atoms with E-state index in [2.05, 4.69) is 22.8 Å². The first-order valence-corrected chi connectivity index (χ1v) is 6.34. The van der Waals surface area contributed by atoms with Crippen LogP contribution in [0.2, 0.25) is 0 Å². The molecule has 0 saturated carbocycles. The van der Waals surface area contributed by atoms with Gasteiger partial charge >= 0.3 is 0 Å². The van der Waals surface area contributed by atoms with Crippen molar-refractivity contribution < 1.29 is 9.47 Å². The predicted molar refractivity (Wildman–Crippen MR) is 72.8 cm³/mol. The van der Waals surface area contributed by atoms with Gasteiger partial charge in [-0.2, -0.15) is 0 Å². The van der Waals surface area contributed by atoms with E-state index < -0.39 is 0 Å². The first-order valence-electron chi connectivity index (χ1n) is 6.34. The molecule has 0 spiro atoms. The Balaban J connectivity index is 1.80. The molecule has 1 heterocycles. The minimum atomic E-state index is 0.425. The molecule has 1 aliphatic rings. The molecule has 0 radical (unpaired) electrons. The zero-order valence-electron chi connectivity index (χ0n) is 10.5. The molecular weight excluding hydrogens is 230 g/mol. The number of nitrogens with two attached hydrogens (primary N) is 1. The molecule has 1 atom stereocenters. The van der Waals surface area contributed by atoms with Crippen LogP contribution in [-0.2, 0) is 9.47 Å². The van der Waals surface area contributed by atoms with Crippen LogP contribution < -0.4 is 16.4 Å². The van der Waals surface area contributed by atoms with Crippen molar-refractivity contribution >= 4 is 11.4 Å². The molecule has 1 aromatic rings. The quantitative estimate of drug-likeness (QED) is 0.502. The molecular formula is C13H21N3O2. The lowest BCUT2D eigenvalue weighted by Gasteiger charge is -2.14. The maximum Gasteiger partial charge on any atom is 0.116 e. The van der Waals surface area contributed by atoms with Crippen LogP contribution in [0.15, 0.2) is 24.3 Å². The van der Waals surface area contributed by atoms with Crippen molar-refractivity contribution in [3.05, 3.63) is 24.3 Å². The summed E-state index contributed by atoms with van der Waals surface area (Å²) in [5, 5.41) is 6.65. The minimum Gasteiger partial charge on any atom is -0.380 e. The summed E-state index contributed by atoms with van der Waals surface area (Å²) in [4.78, 5) is 0. The van der Waals surface area contributed by atoms with Crippen LogP contribution >= 0.6 is 0 Å². The Bertz CT molecular complexity index is 354. The number of anilines is 2. The summed E-state index contributed by atoms with van der Waals surface area (Å²) in [5.41, 5.74) is 7.49. The van der Waals surface area contributed by atoms with Gasteiger partial charge < -0.3 is 25.8 Å². The molecule has 0 aromatic heterocycles. The minimum absolute atomic E-state index is 0.425. The third-order valence-electron chi connectivity index (χ3n) is 2.80. The highest BCUT2D eigenvalue weighted by molar-refractivity contribution is 5.56. The van der Waals surface area contributed by atoms with Crippen LogP contribution in [0.1, 0.15) is 6.42 Å². The number of nitrogens with one attached hydrogen (secondary N) is 2. The van der Waals surface area contributed by atoms with Gasteiger partial charge in [0.05, 0.1) is 19.3 Å². The molecule has 1 saturated heterocycles. The fourth-order valence-electron chi connectivity index (χ4n) is 1.89. The van der Waals surface area contributed by atoms with Crippen LogP contribution in [-0.4, -0.2) is 39.1 Å². The Hall–Kier alpha value is -1.30. The van der Waals surface area contributed by atoms with Crippen LogP contribution in [0, 0.1) is 0 Å². The van der Waals surface area contributed by atoms with Crippen molar-refractivity contribution in [2.24, 2.45) is 5.73 Å². The van der Waals surface area contributed by atoms with Crippen LogP contribution in [0.4, 0.5) is 11.4 Å². The Kier molecular flexibility index (Phi) is 5.26. The molecule has 0 amide bonds. The van der Waals surface area contributed by atoms with E-state index in [1.807, 2.05) is 12.1 Å². The van der Waals surface area contributed by atoms with Gasteiger partial charge in [-0.3, -0.25) is 0 Å². The zero-order valence-corrected chi connectivity index (χ0v) is 10.5. The maximum atomic E-state index is 5.35. The highest BCUT2D eigenvalue weighted by Gasteiger charge is 2.14. The summed E-state index contributed by atoms with van der Waals surface area (Å²) in [6.45, 7) is 3.24. The number of benzene rings is 1. The third-order valence-corrected chi connectivity index (χ3v) is 2.80. The molecule has 18 heavy (non-hydrogen) atoms. The van der Waals surface area contributed by atoms with E-state index in [9.17, 15) is 0 Å². The Morgan fingerprint density at radius 3 is 3.06 bits per heavy atom. The van der Waals surface area contributed by atoms with Crippen molar-refractivity contribution in [2.45, 2.75) is 12.5 Å². The van der Waals surface area contributed by atoms with Crippen LogP contribution in [0.5, 0.6) is 0 Å². The Labute approximate surface area is 108 Å². The molecule has 5 nitrogen and oxygen atoms in total. The maximum absolute atomic E-state index is 5.35. The molecule has 1 unspecified atom stereocenters. The second-order valence-corrected chi connectivity index (χ2v) is 4.30. The van der Waals surface area contributed by atoms with Crippen molar-refractivity contribution in [1.82, 2.24) is 0 Å². The molecule has 2 rings (SSSR count). The summed E-state index contributed by atoms with van der Waals surface area (Å²) < 4.78 is 10.6. The lowest BCUT2D eigenvalue weighted by molar-refractivity contribution is 0.160. The smallest absolute Gasteiger partial charge is 0.116 e. The van der Waals surface area contributed by atoms with E-state index in [-0.39, 0.29) is 0 Å². The fourth-order valence-corrected chi connectivity index (χ4v) is 1.89. The summed E-state index contributed by atoms with van der Waals surface area (Å²) in [7, 11) is 0. The van der Waals surface area contributed by atoms with Gasteiger partial charge in [-0.25, -0.2) is 0 Å². The van der Waals surface area contributed by atoms with Crippen LogP contribution in [0.25, 0.3) is 0 Å². The normalized spacial score (nSPS) is 18.8.